The van der Waals surface area contributed by atoms with Crippen LogP contribution in [0.5, 0.6) is 0 Å². The third-order valence-electron chi connectivity index (χ3n) is 3.54. The van der Waals surface area contributed by atoms with Crippen molar-refractivity contribution < 1.29 is 13.5 Å². The van der Waals surface area contributed by atoms with Crippen LogP contribution in [0.1, 0.15) is 38.2 Å². The van der Waals surface area contributed by atoms with Gasteiger partial charge in [-0.05, 0) is 36.5 Å². The predicted octanol–water partition coefficient (Wildman–Crippen LogP) is 1.96. The van der Waals surface area contributed by atoms with Gasteiger partial charge < -0.3 is 5.11 Å². The minimum absolute atomic E-state index is 0.203. The molecule has 106 valence electrons. The third kappa shape index (κ3) is 3.16. The second kappa shape index (κ2) is 5.61. The molecule has 1 fully saturated rings. The molecule has 0 spiro atoms. The molecule has 1 N–H and O–H groups in total. The maximum atomic E-state index is 12.4. The van der Waals surface area contributed by atoms with Crippen LogP contribution in [0.15, 0.2) is 29.2 Å². The van der Waals surface area contributed by atoms with Gasteiger partial charge in [-0.2, -0.15) is 4.31 Å². The molecule has 0 unspecified atom stereocenters. The smallest absolute Gasteiger partial charge is 0.243 e. The average molecular weight is 283 g/mol. The first-order valence-electron chi connectivity index (χ1n) is 6.69. The molecule has 0 bridgehead atoms. The molecule has 0 saturated carbocycles. The van der Waals surface area contributed by atoms with Gasteiger partial charge in [0.05, 0.1) is 11.0 Å². The topological polar surface area (TPSA) is 57.6 Å². The highest BCUT2D eigenvalue weighted by Crippen LogP contribution is 2.22. The molecule has 1 aliphatic heterocycles. The van der Waals surface area contributed by atoms with Crippen LogP contribution in [0, 0.1) is 0 Å². The van der Waals surface area contributed by atoms with Crippen molar-refractivity contribution in [2.75, 3.05) is 13.1 Å². The fourth-order valence-corrected chi connectivity index (χ4v) is 3.83. The Morgan fingerprint density at radius 3 is 2.42 bits per heavy atom. The summed E-state index contributed by atoms with van der Waals surface area (Å²) >= 11 is 0. The molecule has 0 amide bonds. The van der Waals surface area contributed by atoms with Crippen molar-refractivity contribution in [1.82, 2.24) is 4.31 Å². The van der Waals surface area contributed by atoms with Crippen molar-refractivity contribution in [2.24, 2.45) is 0 Å². The number of aliphatic hydroxyl groups is 1. The molecule has 0 aromatic heterocycles. The minimum atomic E-state index is -3.46. The first-order valence-corrected chi connectivity index (χ1v) is 8.13. The predicted molar refractivity (Wildman–Crippen MR) is 74.5 cm³/mol. The van der Waals surface area contributed by atoms with Gasteiger partial charge in [0.2, 0.25) is 10.0 Å². The van der Waals surface area contributed by atoms with Crippen molar-refractivity contribution >= 4 is 10.0 Å². The summed E-state index contributed by atoms with van der Waals surface area (Å²) in [6.45, 7) is 4.84. The summed E-state index contributed by atoms with van der Waals surface area (Å²) in [4.78, 5) is 0.311. The van der Waals surface area contributed by atoms with Gasteiger partial charge in [-0.25, -0.2) is 8.42 Å². The first-order chi connectivity index (χ1) is 8.91. The highest BCUT2D eigenvalue weighted by Gasteiger charge is 2.29. The number of hydrogen-bond donors (Lipinski definition) is 1. The number of β-amino-alcohol motifs (C(OH)–C–C–N with tert-alkyl or cyclic N) is 1. The summed E-state index contributed by atoms with van der Waals surface area (Å²) in [7, 11) is -3.46. The van der Waals surface area contributed by atoms with Crippen molar-refractivity contribution in [3.8, 4) is 0 Å². The molecular weight excluding hydrogens is 262 g/mol. The Hall–Kier alpha value is -0.910. The molecule has 0 radical (unpaired) electrons. The molecule has 2 rings (SSSR count). The highest BCUT2D eigenvalue weighted by molar-refractivity contribution is 7.89. The second-order valence-corrected chi connectivity index (χ2v) is 7.32. The van der Waals surface area contributed by atoms with Gasteiger partial charge in [0.15, 0.2) is 0 Å². The van der Waals surface area contributed by atoms with Crippen molar-refractivity contribution in [2.45, 2.75) is 43.6 Å². The zero-order valence-electron chi connectivity index (χ0n) is 11.4. The lowest BCUT2D eigenvalue weighted by atomic mass is 10.0. The van der Waals surface area contributed by atoms with E-state index in [2.05, 4.69) is 13.8 Å². The number of benzene rings is 1. The molecule has 0 aliphatic carbocycles. The molecule has 19 heavy (non-hydrogen) atoms. The maximum Gasteiger partial charge on any atom is 0.243 e. The lowest BCUT2D eigenvalue weighted by molar-refractivity contribution is 0.108. The van der Waals surface area contributed by atoms with E-state index < -0.39 is 16.1 Å². The van der Waals surface area contributed by atoms with Crippen LogP contribution in [0.25, 0.3) is 0 Å². The molecule has 1 heterocycles. The van der Waals surface area contributed by atoms with Crippen LogP contribution in [0.2, 0.25) is 0 Å². The van der Waals surface area contributed by atoms with Gasteiger partial charge in [0.25, 0.3) is 0 Å². The lowest BCUT2D eigenvalue weighted by Gasteiger charge is -2.29. The number of nitrogens with zero attached hydrogens (tertiary/aromatic N) is 1. The largest absolute Gasteiger partial charge is 0.392 e. The Bertz CT molecular complexity index is 522. The maximum absolute atomic E-state index is 12.4. The Kier molecular flexibility index (Phi) is 4.28. The lowest BCUT2D eigenvalue weighted by Crippen LogP contribution is -2.42. The molecule has 1 aliphatic rings. The number of piperidine rings is 1. The summed E-state index contributed by atoms with van der Waals surface area (Å²) in [5, 5.41) is 9.60. The van der Waals surface area contributed by atoms with E-state index in [1.54, 1.807) is 12.1 Å². The second-order valence-electron chi connectivity index (χ2n) is 5.38. The normalized spacial score (nSPS) is 21.8. The van der Waals surface area contributed by atoms with Crippen LogP contribution in [0.3, 0.4) is 0 Å². The standard InChI is InChI=1S/C14H21NO3S/c1-11(2)12-5-7-14(8-6-12)19(17,18)15-9-3-4-13(16)10-15/h5-8,11,13,16H,3-4,9-10H2,1-2H3/t13-/m0/s1. The number of rotatable bonds is 3. The van der Waals surface area contributed by atoms with Gasteiger partial charge in [0, 0.05) is 13.1 Å². The van der Waals surface area contributed by atoms with E-state index in [9.17, 15) is 13.5 Å². The fourth-order valence-electron chi connectivity index (χ4n) is 2.31. The number of aliphatic hydroxyl groups excluding tert-OH is 1. The van der Waals surface area contributed by atoms with Crippen molar-refractivity contribution in [3.63, 3.8) is 0 Å². The van der Waals surface area contributed by atoms with Crippen LogP contribution in [-0.4, -0.2) is 37.0 Å². The zero-order valence-corrected chi connectivity index (χ0v) is 12.2. The molecule has 1 saturated heterocycles. The van der Waals surface area contributed by atoms with E-state index >= 15 is 0 Å². The average Bonchev–Trinajstić information content (AvgIpc) is 2.39. The molecule has 1 aromatic rings. The van der Waals surface area contributed by atoms with Gasteiger partial charge in [-0.3, -0.25) is 0 Å². The van der Waals surface area contributed by atoms with E-state index in [0.29, 0.717) is 30.2 Å². The van der Waals surface area contributed by atoms with Crippen LogP contribution < -0.4 is 0 Å². The summed E-state index contributed by atoms with van der Waals surface area (Å²) in [6.07, 6.45) is 0.849. The molecule has 1 aromatic carbocycles. The van der Waals surface area contributed by atoms with Crippen LogP contribution in [0.4, 0.5) is 0 Å². The van der Waals surface area contributed by atoms with Gasteiger partial charge in [-0.15, -0.1) is 0 Å². The van der Waals surface area contributed by atoms with E-state index in [4.69, 9.17) is 0 Å². The molecule has 5 heteroatoms. The SMILES string of the molecule is CC(C)c1ccc(S(=O)(=O)N2CCC[C@H](O)C2)cc1. The summed E-state index contributed by atoms with van der Waals surface area (Å²) in [5.41, 5.74) is 1.12. The minimum Gasteiger partial charge on any atom is -0.392 e. The Labute approximate surface area is 115 Å². The number of hydrogen-bond acceptors (Lipinski definition) is 3. The van der Waals surface area contributed by atoms with Gasteiger partial charge in [-0.1, -0.05) is 26.0 Å². The Morgan fingerprint density at radius 1 is 1.26 bits per heavy atom. The van der Waals surface area contributed by atoms with E-state index in [1.807, 2.05) is 12.1 Å². The molecule has 4 nitrogen and oxygen atoms in total. The summed E-state index contributed by atoms with van der Waals surface area (Å²) in [6, 6.07) is 7.03. The van der Waals surface area contributed by atoms with E-state index in [1.165, 1.54) is 4.31 Å². The summed E-state index contributed by atoms with van der Waals surface area (Å²) in [5.74, 6) is 0.383. The summed E-state index contributed by atoms with van der Waals surface area (Å²) < 4.78 is 26.2. The quantitative estimate of drug-likeness (QED) is 0.922. The van der Waals surface area contributed by atoms with Crippen LogP contribution >= 0.6 is 0 Å². The van der Waals surface area contributed by atoms with Gasteiger partial charge >= 0.3 is 0 Å². The Balaban J connectivity index is 2.23. The Morgan fingerprint density at radius 2 is 1.89 bits per heavy atom. The molecule has 1 atom stereocenters. The molecular formula is C14H21NO3S. The fraction of sp³-hybridized carbons (Fsp3) is 0.571. The first kappa shape index (κ1) is 14.5. The van der Waals surface area contributed by atoms with Crippen molar-refractivity contribution in [1.29, 1.82) is 0 Å². The number of sulfonamides is 1. The highest BCUT2D eigenvalue weighted by atomic mass is 32.2. The van der Waals surface area contributed by atoms with E-state index in [-0.39, 0.29) is 6.54 Å². The monoisotopic (exact) mass is 283 g/mol. The zero-order chi connectivity index (χ0) is 14.0. The third-order valence-corrected chi connectivity index (χ3v) is 5.42. The van der Waals surface area contributed by atoms with E-state index in [0.717, 1.165) is 5.56 Å². The van der Waals surface area contributed by atoms with Crippen molar-refractivity contribution in [3.05, 3.63) is 29.8 Å². The van der Waals surface area contributed by atoms with Crippen LogP contribution in [-0.2, 0) is 10.0 Å². The van der Waals surface area contributed by atoms with Gasteiger partial charge in [0.1, 0.15) is 0 Å².